The van der Waals surface area contributed by atoms with Gasteiger partial charge in [-0.2, -0.15) is 0 Å². The largest absolute Gasteiger partial charge is 0.486 e. The maximum atomic E-state index is 5.67. The van der Waals surface area contributed by atoms with Gasteiger partial charge in [0.05, 0.1) is 0 Å². The molecule has 0 saturated carbocycles. The van der Waals surface area contributed by atoms with Gasteiger partial charge in [0, 0.05) is 34.5 Å². The van der Waals surface area contributed by atoms with Crippen LogP contribution in [0.15, 0.2) is 22.8 Å². The average Bonchev–Trinajstić information content (AvgIpc) is 2.48. The Balaban J connectivity index is 1.98. The van der Waals surface area contributed by atoms with E-state index < -0.39 is 0 Å². The number of hydrogen-bond donors (Lipinski definition) is 1. The van der Waals surface area contributed by atoms with Crippen LogP contribution in [0.4, 0.5) is 5.82 Å². The van der Waals surface area contributed by atoms with Crippen molar-refractivity contribution in [3.05, 3.63) is 22.8 Å². The van der Waals surface area contributed by atoms with Gasteiger partial charge in [-0.05, 0) is 42.2 Å². The normalized spacial score (nSPS) is 13.7. The van der Waals surface area contributed by atoms with E-state index in [1.54, 1.807) is 0 Å². The lowest BCUT2D eigenvalue weighted by Crippen LogP contribution is -2.21. The molecule has 3 rings (SSSR count). The lowest BCUT2D eigenvalue weighted by atomic mass is 10.1. The van der Waals surface area contributed by atoms with Gasteiger partial charge in [0.2, 0.25) is 0 Å². The number of nitrogens with one attached hydrogen (secondary N) is 1. The Morgan fingerprint density at radius 3 is 2.52 bits per heavy atom. The minimum atomic E-state index is 0.587. The van der Waals surface area contributed by atoms with E-state index in [1.165, 1.54) is 0 Å². The zero-order valence-electron chi connectivity index (χ0n) is 12.1. The summed E-state index contributed by atoms with van der Waals surface area (Å²) < 4.78 is 12.3. The number of aromatic nitrogens is 1. The van der Waals surface area contributed by atoms with Crippen molar-refractivity contribution >= 4 is 32.5 Å². The molecule has 0 atom stereocenters. The van der Waals surface area contributed by atoms with Crippen LogP contribution in [0, 0.1) is 0 Å². The van der Waals surface area contributed by atoms with Crippen LogP contribution in [-0.4, -0.2) is 50.3 Å². The van der Waals surface area contributed by atoms with E-state index in [1.807, 2.05) is 18.3 Å². The standard InChI is InChI=1S/C15H18BrN3O2/c1-19(2)4-3-17-15-11-8-14-13(20-5-6-21-14)7-10(11)12(16)9-18-15/h7-9H,3-6H2,1-2H3,(H,17,18). The van der Waals surface area contributed by atoms with Gasteiger partial charge in [0.15, 0.2) is 11.5 Å². The second-order valence-electron chi connectivity index (χ2n) is 5.23. The van der Waals surface area contributed by atoms with Crippen molar-refractivity contribution in [2.45, 2.75) is 0 Å². The Labute approximate surface area is 132 Å². The third-order valence-corrected chi connectivity index (χ3v) is 3.99. The van der Waals surface area contributed by atoms with E-state index in [0.29, 0.717) is 13.2 Å². The number of nitrogens with zero attached hydrogens (tertiary/aromatic N) is 2. The summed E-state index contributed by atoms with van der Waals surface area (Å²) in [5, 5.41) is 5.49. The number of benzene rings is 1. The number of fused-ring (bicyclic) bond motifs is 2. The van der Waals surface area contributed by atoms with Gasteiger partial charge < -0.3 is 19.7 Å². The fourth-order valence-corrected chi connectivity index (χ4v) is 2.71. The van der Waals surface area contributed by atoms with E-state index in [2.05, 4.69) is 45.2 Å². The molecule has 1 aliphatic heterocycles. The highest BCUT2D eigenvalue weighted by molar-refractivity contribution is 9.10. The highest BCUT2D eigenvalue weighted by Crippen LogP contribution is 2.39. The molecule has 0 unspecified atom stereocenters. The van der Waals surface area contributed by atoms with Crippen LogP contribution in [0.25, 0.3) is 10.8 Å². The van der Waals surface area contributed by atoms with Crippen molar-refractivity contribution in [1.29, 1.82) is 0 Å². The summed E-state index contributed by atoms with van der Waals surface area (Å²) in [5.74, 6) is 2.44. The van der Waals surface area contributed by atoms with E-state index in [9.17, 15) is 0 Å². The van der Waals surface area contributed by atoms with Crippen LogP contribution in [0.3, 0.4) is 0 Å². The zero-order chi connectivity index (χ0) is 14.8. The topological polar surface area (TPSA) is 46.6 Å². The molecule has 21 heavy (non-hydrogen) atoms. The first-order chi connectivity index (χ1) is 10.1. The highest BCUT2D eigenvalue weighted by Gasteiger charge is 2.16. The lowest BCUT2D eigenvalue weighted by Gasteiger charge is -2.20. The quantitative estimate of drug-likeness (QED) is 0.917. The monoisotopic (exact) mass is 351 g/mol. The maximum absolute atomic E-state index is 5.67. The van der Waals surface area contributed by atoms with Crippen LogP contribution < -0.4 is 14.8 Å². The molecule has 0 radical (unpaired) electrons. The van der Waals surface area contributed by atoms with Crippen LogP contribution in [0.5, 0.6) is 11.5 Å². The molecule has 0 amide bonds. The number of ether oxygens (including phenoxy) is 2. The minimum Gasteiger partial charge on any atom is -0.486 e. The molecular weight excluding hydrogens is 334 g/mol. The molecule has 1 N–H and O–H groups in total. The molecule has 0 fully saturated rings. The smallest absolute Gasteiger partial charge is 0.162 e. The van der Waals surface area contributed by atoms with Crippen molar-refractivity contribution in [3.63, 3.8) is 0 Å². The molecule has 1 aromatic heterocycles. The van der Waals surface area contributed by atoms with Crippen molar-refractivity contribution in [2.75, 3.05) is 45.7 Å². The van der Waals surface area contributed by atoms with Crippen LogP contribution >= 0.6 is 15.9 Å². The number of likely N-dealkylation sites (N-methyl/N-ethyl adjacent to an activating group) is 1. The third kappa shape index (κ3) is 3.06. The Kier molecular flexibility index (Phi) is 4.17. The van der Waals surface area contributed by atoms with Gasteiger partial charge in [-0.25, -0.2) is 4.98 Å². The Bertz CT molecular complexity index is 661. The summed E-state index contributed by atoms with van der Waals surface area (Å²) in [5.41, 5.74) is 0. The molecule has 112 valence electrons. The lowest BCUT2D eigenvalue weighted by molar-refractivity contribution is 0.172. The van der Waals surface area contributed by atoms with Gasteiger partial charge in [0.1, 0.15) is 19.0 Å². The molecule has 0 spiro atoms. The Morgan fingerprint density at radius 1 is 1.19 bits per heavy atom. The Hall–Kier alpha value is -1.53. The number of pyridine rings is 1. The van der Waals surface area contributed by atoms with Gasteiger partial charge in [-0.1, -0.05) is 0 Å². The molecule has 1 aliphatic rings. The summed E-state index contributed by atoms with van der Waals surface area (Å²) in [7, 11) is 4.10. The molecule has 1 aromatic carbocycles. The fraction of sp³-hybridized carbons (Fsp3) is 0.400. The van der Waals surface area contributed by atoms with E-state index in [-0.39, 0.29) is 0 Å². The van der Waals surface area contributed by atoms with Gasteiger partial charge in [0.25, 0.3) is 0 Å². The summed E-state index contributed by atoms with van der Waals surface area (Å²) in [6.45, 7) is 2.97. The predicted molar refractivity (Wildman–Crippen MR) is 87.5 cm³/mol. The average molecular weight is 352 g/mol. The van der Waals surface area contributed by atoms with Gasteiger partial charge >= 0.3 is 0 Å². The van der Waals surface area contributed by atoms with Gasteiger partial charge in [-0.3, -0.25) is 0 Å². The van der Waals surface area contributed by atoms with Crippen molar-refractivity contribution in [3.8, 4) is 11.5 Å². The summed E-state index contributed by atoms with van der Waals surface area (Å²) in [4.78, 5) is 6.61. The molecule has 2 aromatic rings. The van der Waals surface area contributed by atoms with E-state index >= 15 is 0 Å². The van der Waals surface area contributed by atoms with Crippen LogP contribution in [-0.2, 0) is 0 Å². The molecule has 0 bridgehead atoms. The minimum absolute atomic E-state index is 0.587. The van der Waals surface area contributed by atoms with E-state index in [0.717, 1.165) is 45.7 Å². The molecule has 6 heteroatoms. The first-order valence-electron chi connectivity index (χ1n) is 6.91. The maximum Gasteiger partial charge on any atom is 0.162 e. The SMILES string of the molecule is CN(C)CCNc1ncc(Br)c2cc3c(cc12)OCCO3. The molecule has 0 saturated heterocycles. The van der Waals surface area contributed by atoms with Crippen molar-refractivity contribution < 1.29 is 9.47 Å². The van der Waals surface area contributed by atoms with E-state index in [4.69, 9.17) is 9.47 Å². The first kappa shape index (κ1) is 14.4. The molecular formula is C15H18BrN3O2. The summed E-state index contributed by atoms with van der Waals surface area (Å²) in [6.07, 6.45) is 1.82. The highest BCUT2D eigenvalue weighted by atomic mass is 79.9. The molecule has 0 aliphatic carbocycles. The number of rotatable bonds is 4. The second-order valence-corrected chi connectivity index (χ2v) is 6.08. The summed E-state index contributed by atoms with van der Waals surface area (Å²) in [6, 6.07) is 4.01. The fourth-order valence-electron chi connectivity index (χ4n) is 2.28. The molecule has 5 nitrogen and oxygen atoms in total. The number of halogens is 1. The first-order valence-corrected chi connectivity index (χ1v) is 7.71. The summed E-state index contributed by atoms with van der Waals surface area (Å²) >= 11 is 3.56. The second kappa shape index (κ2) is 6.07. The zero-order valence-corrected chi connectivity index (χ0v) is 13.7. The van der Waals surface area contributed by atoms with Crippen LogP contribution in [0.1, 0.15) is 0 Å². The van der Waals surface area contributed by atoms with Crippen molar-refractivity contribution in [1.82, 2.24) is 9.88 Å². The van der Waals surface area contributed by atoms with Gasteiger partial charge in [-0.15, -0.1) is 0 Å². The third-order valence-electron chi connectivity index (χ3n) is 3.35. The number of anilines is 1. The molecule has 2 heterocycles. The predicted octanol–water partition coefficient (Wildman–Crippen LogP) is 2.74. The Morgan fingerprint density at radius 2 is 1.86 bits per heavy atom. The van der Waals surface area contributed by atoms with Crippen LogP contribution in [0.2, 0.25) is 0 Å². The number of hydrogen-bond acceptors (Lipinski definition) is 5. The van der Waals surface area contributed by atoms with Crippen molar-refractivity contribution in [2.24, 2.45) is 0 Å².